The van der Waals surface area contributed by atoms with E-state index in [9.17, 15) is 4.79 Å². The van der Waals surface area contributed by atoms with Crippen LogP contribution in [0.4, 0.5) is 0 Å². The third-order valence-corrected chi connectivity index (χ3v) is 3.30. The van der Waals surface area contributed by atoms with Crippen LogP contribution in [0, 0.1) is 20.8 Å². The first-order valence-corrected chi connectivity index (χ1v) is 6.21. The van der Waals surface area contributed by atoms with Gasteiger partial charge in [-0.25, -0.2) is 0 Å². The molecular formula is C14H22N2O3. The lowest BCUT2D eigenvalue weighted by atomic mass is 9.99. The second-order valence-electron chi connectivity index (χ2n) is 4.72. The van der Waals surface area contributed by atoms with Crippen LogP contribution in [0.5, 0.6) is 5.75 Å². The van der Waals surface area contributed by atoms with Gasteiger partial charge in [0.15, 0.2) is 0 Å². The molecule has 1 aromatic rings. The average Bonchev–Trinajstić information content (AvgIpc) is 2.35. The summed E-state index contributed by atoms with van der Waals surface area (Å²) in [5.74, 6) is -0.148. The number of ether oxygens (including phenoxy) is 1. The molecule has 4 N–H and O–H groups in total. The van der Waals surface area contributed by atoms with Crippen molar-refractivity contribution in [3.05, 3.63) is 28.3 Å². The van der Waals surface area contributed by atoms with Gasteiger partial charge >= 0.3 is 5.97 Å². The highest BCUT2D eigenvalue weighted by Crippen LogP contribution is 2.29. The molecule has 1 unspecified atom stereocenters. The minimum absolute atomic E-state index is 0.227. The Morgan fingerprint density at radius 2 is 2.05 bits per heavy atom. The van der Waals surface area contributed by atoms with Gasteiger partial charge in [-0.1, -0.05) is 6.07 Å². The van der Waals surface area contributed by atoms with Crippen molar-refractivity contribution in [2.24, 2.45) is 5.73 Å². The molecule has 0 aliphatic carbocycles. The lowest BCUT2D eigenvalue weighted by molar-refractivity contribution is -0.138. The number of carbonyl (C=O) groups is 1. The van der Waals surface area contributed by atoms with Crippen LogP contribution >= 0.6 is 0 Å². The second-order valence-corrected chi connectivity index (χ2v) is 4.72. The van der Waals surface area contributed by atoms with Crippen molar-refractivity contribution >= 4 is 5.97 Å². The predicted molar refractivity (Wildman–Crippen MR) is 74.5 cm³/mol. The van der Waals surface area contributed by atoms with Crippen LogP contribution in [0.3, 0.4) is 0 Å². The maximum Gasteiger partial charge on any atom is 0.321 e. The largest absolute Gasteiger partial charge is 0.496 e. The molecule has 0 saturated carbocycles. The lowest BCUT2D eigenvalue weighted by Gasteiger charge is -2.17. The van der Waals surface area contributed by atoms with Crippen molar-refractivity contribution in [2.45, 2.75) is 33.4 Å². The molecule has 1 atom stereocenters. The van der Waals surface area contributed by atoms with E-state index in [-0.39, 0.29) is 6.54 Å². The van der Waals surface area contributed by atoms with Crippen LogP contribution in [-0.4, -0.2) is 30.8 Å². The smallest absolute Gasteiger partial charge is 0.321 e. The van der Waals surface area contributed by atoms with Gasteiger partial charge < -0.3 is 20.9 Å². The van der Waals surface area contributed by atoms with Gasteiger partial charge in [0.05, 0.1) is 7.11 Å². The number of aryl methyl sites for hydroxylation is 2. The normalized spacial score (nSPS) is 12.3. The SMILES string of the molecule is COc1c(C)c(C)cc(C)c1CNCC(N)C(=O)O. The zero-order valence-corrected chi connectivity index (χ0v) is 11.9. The van der Waals surface area contributed by atoms with E-state index in [0.29, 0.717) is 6.54 Å². The number of benzene rings is 1. The van der Waals surface area contributed by atoms with Crippen LogP contribution < -0.4 is 15.8 Å². The number of nitrogens with two attached hydrogens (primary N) is 1. The minimum Gasteiger partial charge on any atom is -0.496 e. The van der Waals surface area contributed by atoms with Crippen molar-refractivity contribution in [3.63, 3.8) is 0 Å². The van der Waals surface area contributed by atoms with E-state index < -0.39 is 12.0 Å². The molecule has 0 spiro atoms. The number of rotatable bonds is 6. The van der Waals surface area contributed by atoms with E-state index in [1.165, 1.54) is 5.56 Å². The van der Waals surface area contributed by atoms with E-state index in [1.54, 1.807) is 7.11 Å². The Balaban J connectivity index is 2.84. The molecule has 5 nitrogen and oxygen atoms in total. The summed E-state index contributed by atoms with van der Waals surface area (Å²) in [4.78, 5) is 10.6. The molecule has 0 aromatic heterocycles. The third-order valence-electron chi connectivity index (χ3n) is 3.30. The first-order valence-electron chi connectivity index (χ1n) is 6.21. The highest BCUT2D eigenvalue weighted by Gasteiger charge is 2.14. The zero-order chi connectivity index (χ0) is 14.6. The number of hydrogen-bond acceptors (Lipinski definition) is 4. The van der Waals surface area contributed by atoms with Gasteiger partial charge in [0.25, 0.3) is 0 Å². The third kappa shape index (κ3) is 3.68. The molecule has 1 aromatic carbocycles. The summed E-state index contributed by atoms with van der Waals surface area (Å²) >= 11 is 0. The first-order chi connectivity index (χ1) is 8.88. The minimum atomic E-state index is -1.00. The Bertz CT molecular complexity index is 472. The summed E-state index contributed by atoms with van der Waals surface area (Å²) in [6, 6.07) is 1.21. The molecule has 106 valence electrons. The fourth-order valence-electron chi connectivity index (χ4n) is 2.04. The van der Waals surface area contributed by atoms with Crippen LogP contribution in [0.1, 0.15) is 22.3 Å². The van der Waals surface area contributed by atoms with Gasteiger partial charge in [-0.15, -0.1) is 0 Å². The van der Waals surface area contributed by atoms with E-state index >= 15 is 0 Å². The first kappa shape index (κ1) is 15.5. The van der Waals surface area contributed by atoms with E-state index in [1.807, 2.05) is 20.8 Å². The molecule has 0 aliphatic rings. The number of carboxylic acid groups (broad SMARTS) is 1. The van der Waals surface area contributed by atoms with Crippen molar-refractivity contribution in [1.29, 1.82) is 0 Å². The molecule has 0 amide bonds. The molecule has 0 aliphatic heterocycles. The van der Waals surface area contributed by atoms with Gasteiger partial charge in [0, 0.05) is 18.7 Å². The van der Waals surface area contributed by atoms with E-state index in [2.05, 4.69) is 11.4 Å². The van der Waals surface area contributed by atoms with Crippen LogP contribution in [0.25, 0.3) is 0 Å². The van der Waals surface area contributed by atoms with Gasteiger partial charge in [-0.05, 0) is 37.5 Å². The summed E-state index contributed by atoms with van der Waals surface area (Å²) in [6.07, 6.45) is 0. The van der Waals surface area contributed by atoms with Crippen molar-refractivity contribution in [1.82, 2.24) is 5.32 Å². The van der Waals surface area contributed by atoms with E-state index in [0.717, 1.165) is 22.4 Å². The molecule has 0 saturated heterocycles. The van der Waals surface area contributed by atoms with Crippen molar-refractivity contribution in [3.8, 4) is 5.75 Å². The van der Waals surface area contributed by atoms with Crippen molar-refractivity contribution in [2.75, 3.05) is 13.7 Å². The van der Waals surface area contributed by atoms with Gasteiger partial charge in [0.2, 0.25) is 0 Å². The highest BCUT2D eigenvalue weighted by atomic mass is 16.5. The molecule has 19 heavy (non-hydrogen) atoms. The standard InChI is InChI=1S/C14H22N2O3/c1-8-5-9(2)11(13(19-4)10(8)3)6-16-7-12(15)14(17)18/h5,12,16H,6-7,15H2,1-4H3,(H,17,18). The average molecular weight is 266 g/mol. The fourth-order valence-corrected chi connectivity index (χ4v) is 2.04. The number of methoxy groups -OCH3 is 1. The number of aliphatic carboxylic acids is 1. The summed E-state index contributed by atoms with van der Waals surface area (Å²) < 4.78 is 5.46. The van der Waals surface area contributed by atoms with Gasteiger partial charge in [0.1, 0.15) is 11.8 Å². The predicted octanol–water partition coefficient (Wildman–Crippen LogP) is 1.12. The molecule has 5 heteroatoms. The van der Waals surface area contributed by atoms with E-state index in [4.69, 9.17) is 15.6 Å². The Morgan fingerprint density at radius 1 is 1.42 bits per heavy atom. The van der Waals surface area contributed by atoms with Crippen molar-refractivity contribution < 1.29 is 14.6 Å². The second kappa shape index (κ2) is 6.54. The highest BCUT2D eigenvalue weighted by molar-refractivity contribution is 5.73. The quantitative estimate of drug-likeness (QED) is 0.718. The molecule has 0 heterocycles. The van der Waals surface area contributed by atoms with Gasteiger partial charge in [-0.3, -0.25) is 4.79 Å². The van der Waals surface area contributed by atoms with Crippen LogP contribution in [-0.2, 0) is 11.3 Å². The fraction of sp³-hybridized carbons (Fsp3) is 0.500. The van der Waals surface area contributed by atoms with Gasteiger partial charge in [-0.2, -0.15) is 0 Å². The lowest BCUT2D eigenvalue weighted by Crippen LogP contribution is -2.40. The molecular weight excluding hydrogens is 244 g/mol. The molecule has 0 fully saturated rings. The summed E-state index contributed by atoms with van der Waals surface area (Å²) in [7, 11) is 1.65. The number of carboxylic acids is 1. The molecule has 0 bridgehead atoms. The topological polar surface area (TPSA) is 84.6 Å². The zero-order valence-electron chi connectivity index (χ0n) is 11.9. The maximum absolute atomic E-state index is 10.6. The number of hydrogen-bond donors (Lipinski definition) is 3. The summed E-state index contributed by atoms with van der Waals surface area (Å²) in [5.41, 5.74) is 9.90. The Morgan fingerprint density at radius 3 is 2.58 bits per heavy atom. The Kier molecular flexibility index (Phi) is 5.32. The summed E-state index contributed by atoms with van der Waals surface area (Å²) in [6.45, 7) is 6.84. The number of nitrogens with one attached hydrogen (secondary N) is 1. The van der Waals surface area contributed by atoms with Crippen LogP contribution in [0.15, 0.2) is 6.07 Å². The molecule has 1 rings (SSSR count). The maximum atomic E-state index is 10.6. The molecule has 0 radical (unpaired) electrons. The Hall–Kier alpha value is -1.59. The van der Waals surface area contributed by atoms with Crippen LogP contribution in [0.2, 0.25) is 0 Å². The summed E-state index contributed by atoms with van der Waals surface area (Å²) in [5, 5.41) is 11.8. The Labute approximate surface area is 113 Å². The monoisotopic (exact) mass is 266 g/mol.